The largest absolute Gasteiger partial charge is 0.435 e. The number of fused-ring (bicyclic) bond motifs is 1. The molecular weight excluding hydrogens is 542 g/mol. The molecule has 0 bridgehead atoms. The summed E-state index contributed by atoms with van der Waals surface area (Å²) in [6, 6.07) is 10.4. The Bertz CT molecular complexity index is 1400. The van der Waals surface area contributed by atoms with Crippen molar-refractivity contribution < 1.29 is 27.6 Å². The predicted octanol–water partition coefficient (Wildman–Crippen LogP) is 6.66. The molecule has 0 fully saturated rings. The molecule has 1 unspecified atom stereocenters. The van der Waals surface area contributed by atoms with Gasteiger partial charge in [-0.3, -0.25) is 4.79 Å². The molecule has 36 heavy (non-hydrogen) atoms. The van der Waals surface area contributed by atoms with E-state index in [-0.39, 0.29) is 38.3 Å². The Hall–Kier alpha value is -3.01. The fraction of sp³-hybridized carbons (Fsp3) is 0.208. The van der Waals surface area contributed by atoms with E-state index >= 15 is 0 Å². The zero-order valence-electron chi connectivity index (χ0n) is 18.5. The van der Waals surface area contributed by atoms with Crippen LogP contribution in [0.3, 0.4) is 0 Å². The van der Waals surface area contributed by atoms with Gasteiger partial charge in [0, 0.05) is 30.2 Å². The SMILES string of the molecule is CON=CCc1cc(C2=NOC(c3cc(Cl)c(Cl)c(Cl)c3)(C(F)(F)F)C2)c2ccccc2c1C(N)=O. The number of halogens is 6. The summed E-state index contributed by atoms with van der Waals surface area (Å²) in [5, 5.41) is 8.07. The number of primary amides is 1. The van der Waals surface area contributed by atoms with Crippen molar-refractivity contribution in [2.75, 3.05) is 7.11 Å². The van der Waals surface area contributed by atoms with Crippen LogP contribution >= 0.6 is 34.8 Å². The van der Waals surface area contributed by atoms with Gasteiger partial charge in [-0.1, -0.05) is 69.4 Å². The van der Waals surface area contributed by atoms with Crippen molar-refractivity contribution in [2.45, 2.75) is 24.6 Å². The Morgan fingerprint density at radius 1 is 1.19 bits per heavy atom. The molecule has 1 amide bonds. The smallest absolute Gasteiger partial charge is 0.399 e. The average Bonchev–Trinajstić information content (AvgIpc) is 3.28. The third-order valence-electron chi connectivity index (χ3n) is 5.81. The summed E-state index contributed by atoms with van der Waals surface area (Å²) in [6.07, 6.45) is -4.04. The summed E-state index contributed by atoms with van der Waals surface area (Å²) < 4.78 is 43.5. The lowest BCUT2D eigenvalue weighted by molar-refractivity contribution is -0.275. The van der Waals surface area contributed by atoms with Crippen molar-refractivity contribution in [3.05, 3.63) is 79.8 Å². The average molecular weight is 559 g/mol. The van der Waals surface area contributed by atoms with Crippen molar-refractivity contribution in [2.24, 2.45) is 16.0 Å². The van der Waals surface area contributed by atoms with Gasteiger partial charge in [0.1, 0.15) is 7.11 Å². The zero-order chi connectivity index (χ0) is 26.3. The van der Waals surface area contributed by atoms with E-state index in [1.807, 2.05) is 0 Å². The number of nitrogens with zero attached hydrogens (tertiary/aromatic N) is 2. The van der Waals surface area contributed by atoms with E-state index < -0.39 is 24.1 Å². The maximum Gasteiger partial charge on any atom is 0.435 e. The Labute approximate surface area is 218 Å². The first-order valence-electron chi connectivity index (χ1n) is 10.4. The molecule has 188 valence electrons. The first-order valence-corrected chi connectivity index (χ1v) is 11.5. The molecule has 1 aliphatic heterocycles. The van der Waals surface area contributed by atoms with Gasteiger partial charge in [-0.05, 0) is 34.5 Å². The molecule has 3 aromatic carbocycles. The molecule has 1 atom stereocenters. The van der Waals surface area contributed by atoms with E-state index in [9.17, 15) is 18.0 Å². The van der Waals surface area contributed by atoms with Crippen LogP contribution in [-0.2, 0) is 21.7 Å². The van der Waals surface area contributed by atoms with Gasteiger partial charge in [-0.15, -0.1) is 0 Å². The number of carbonyl (C=O) groups excluding carboxylic acids is 1. The van der Waals surface area contributed by atoms with E-state index in [2.05, 4.69) is 15.1 Å². The van der Waals surface area contributed by atoms with Crippen LogP contribution in [0.15, 0.2) is 52.8 Å². The second-order valence-electron chi connectivity index (χ2n) is 7.93. The van der Waals surface area contributed by atoms with Gasteiger partial charge < -0.3 is 15.4 Å². The van der Waals surface area contributed by atoms with Crippen LogP contribution in [-0.4, -0.2) is 31.1 Å². The number of amides is 1. The Morgan fingerprint density at radius 2 is 1.83 bits per heavy atom. The monoisotopic (exact) mass is 557 g/mol. The number of alkyl halides is 3. The van der Waals surface area contributed by atoms with Gasteiger partial charge >= 0.3 is 6.18 Å². The highest BCUT2D eigenvalue weighted by molar-refractivity contribution is 6.48. The standard InChI is InChI=1S/C24H17Cl3F3N3O3/c1-35-32-7-6-12-8-16(14-4-2-3-5-15(14)20(12)22(31)34)19-11-23(36-33-19,24(28,29)30)13-9-17(25)21(27)18(26)10-13/h2-5,7-10H,6,11H2,1H3,(H2,31,34). The summed E-state index contributed by atoms with van der Waals surface area (Å²) in [5.41, 5.74) is 3.44. The third-order valence-corrected chi connectivity index (χ3v) is 7.01. The zero-order valence-corrected chi connectivity index (χ0v) is 20.8. The Morgan fingerprint density at radius 3 is 2.42 bits per heavy atom. The summed E-state index contributed by atoms with van der Waals surface area (Å²) >= 11 is 18.0. The van der Waals surface area contributed by atoms with E-state index in [1.165, 1.54) is 13.3 Å². The molecule has 0 saturated carbocycles. The van der Waals surface area contributed by atoms with Gasteiger partial charge in [-0.2, -0.15) is 13.2 Å². The van der Waals surface area contributed by atoms with Crippen molar-refractivity contribution in [1.29, 1.82) is 0 Å². The van der Waals surface area contributed by atoms with Crippen LogP contribution in [0.1, 0.15) is 33.5 Å². The lowest BCUT2D eigenvalue weighted by Crippen LogP contribution is -2.42. The minimum Gasteiger partial charge on any atom is -0.399 e. The van der Waals surface area contributed by atoms with Crippen LogP contribution in [0.4, 0.5) is 13.2 Å². The molecule has 6 nitrogen and oxygen atoms in total. The first-order chi connectivity index (χ1) is 17.0. The quantitative estimate of drug-likeness (QED) is 0.209. The molecule has 0 aliphatic carbocycles. The van der Waals surface area contributed by atoms with Gasteiger partial charge in [0.05, 0.1) is 26.3 Å². The molecular formula is C24H17Cl3F3N3O3. The summed E-state index contributed by atoms with van der Waals surface area (Å²) in [7, 11) is 1.36. The minimum absolute atomic E-state index is 0.00618. The summed E-state index contributed by atoms with van der Waals surface area (Å²) in [6.45, 7) is 0. The molecule has 0 aromatic heterocycles. The minimum atomic E-state index is -4.89. The lowest BCUT2D eigenvalue weighted by Gasteiger charge is -2.30. The molecule has 0 spiro atoms. The van der Waals surface area contributed by atoms with Crippen molar-refractivity contribution in [3.63, 3.8) is 0 Å². The number of oxime groups is 2. The highest BCUT2D eigenvalue weighted by Crippen LogP contribution is 2.51. The third kappa shape index (κ3) is 4.47. The lowest BCUT2D eigenvalue weighted by atomic mass is 9.84. The summed E-state index contributed by atoms with van der Waals surface area (Å²) in [4.78, 5) is 22.1. The van der Waals surface area contributed by atoms with Crippen molar-refractivity contribution in [3.8, 4) is 0 Å². The highest BCUT2D eigenvalue weighted by atomic mass is 35.5. The Balaban J connectivity index is 1.89. The fourth-order valence-electron chi connectivity index (χ4n) is 4.17. The highest BCUT2D eigenvalue weighted by Gasteiger charge is 2.62. The molecule has 12 heteroatoms. The fourth-order valence-corrected chi connectivity index (χ4v) is 4.77. The topological polar surface area (TPSA) is 86.3 Å². The molecule has 2 N–H and O–H groups in total. The number of nitrogens with two attached hydrogens (primary N) is 1. The molecule has 1 heterocycles. The number of carbonyl (C=O) groups is 1. The first kappa shape index (κ1) is 26.1. The van der Waals surface area contributed by atoms with Crippen LogP contribution in [0.2, 0.25) is 15.1 Å². The molecule has 1 aliphatic rings. The molecule has 0 saturated heterocycles. The van der Waals surface area contributed by atoms with Crippen LogP contribution in [0.25, 0.3) is 10.8 Å². The van der Waals surface area contributed by atoms with Crippen molar-refractivity contribution in [1.82, 2.24) is 0 Å². The number of rotatable bonds is 6. The predicted molar refractivity (Wildman–Crippen MR) is 133 cm³/mol. The maximum atomic E-state index is 14.5. The number of hydrogen-bond donors (Lipinski definition) is 1. The van der Waals surface area contributed by atoms with Crippen LogP contribution in [0.5, 0.6) is 0 Å². The van der Waals surface area contributed by atoms with Crippen molar-refractivity contribution >= 4 is 63.4 Å². The van der Waals surface area contributed by atoms with Gasteiger partial charge in [0.2, 0.25) is 5.91 Å². The van der Waals surface area contributed by atoms with E-state index in [4.69, 9.17) is 45.4 Å². The second kappa shape index (κ2) is 9.80. The Kier molecular flexibility index (Phi) is 7.10. The van der Waals surface area contributed by atoms with Gasteiger partial charge in [-0.25, -0.2) is 0 Å². The van der Waals surface area contributed by atoms with Gasteiger partial charge in [0.25, 0.3) is 5.60 Å². The van der Waals surface area contributed by atoms with Gasteiger partial charge in [0.15, 0.2) is 0 Å². The molecule has 4 rings (SSSR count). The van der Waals surface area contributed by atoms with Crippen LogP contribution < -0.4 is 5.73 Å². The van der Waals surface area contributed by atoms with E-state index in [1.54, 1.807) is 30.3 Å². The number of hydrogen-bond acceptors (Lipinski definition) is 5. The molecule has 3 aromatic rings. The second-order valence-corrected chi connectivity index (χ2v) is 9.12. The van der Waals surface area contributed by atoms with Crippen LogP contribution in [0, 0.1) is 0 Å². The van der Waals surface area contributed by atoms with E-state index in [0.717, 1.165) is 12.1 Å². The van der Waals surface area contributed by atoms with E-state index in [0.29, 0.717) is 21.9 Å². The maximum absolute atomic E-state index is 14.5. The summed E-state index contributed by atoms with van der Waals surface area (Å²) in [5.74, 6) is -0.696. The normalized spacial score (nSPS) is 17.9. The molecule has 0 radical (unpaired) electrons. The number of benzene rings is 3.